The minimum Gasteiger partial charge on any atom is -0.292 e. The van der Waals surface area contributed by atoms with Crippen LogP contribution in [-0.4, -0.2) is 31.1 Å². The molecule has 0 fully saturated rings. The maximum Gasteiger partial charge on any atom is 0.231 e. The summed E-state index contributed by atoms with van der Waals surface area (Å²) in [4.78, 5) is 18.9. The van der Waals surface area contributed by atoms with Crippen molar-refractivity contribution >= 4 is 45.7 Å². The number of rotatable bonds is 5. The van der Waals surface area contributed by atoms with Gasteiger partial charge in [-0.1, -0.05) is 30.8 Å². The topological polar surface area (TPSA) is 63.0 Å². The van der Waals surface area contributed by atoms with Gasteiger partial charge in [-0.25, -0.2) is 10.1 Å². The molecule has 0 atom stereocenters. The summed E-state index contributed by atoms with van der Waals surface area (Å²) >= 11 is 3.01. The number of Topliss-reactive ketones (excluding diaryl/α,β-unsaturated/α-hetero) is 1. The van der Waals surface area contributed by atoms with Crippen molar-refractivity contribution in [1.29, 1.82) is 0 Å². The molecule has 3 heterocycles. The number of thioether (sulfide) groups is 1. The highest BCUT2D eigenvalue weighted by atomic mass is 32.2. The second kappa shape index (κ2) is 5.82. The van der Waals surface area contributed by atoms with E-state index in [1.54, 1.807) is 11.3 Å². The van der Waals surface area contributed by atoms with Crippen LogP contribution in [0.1, 0.15) is 21.5 Å². The molecule has 0 unspecified atom stereocenters. The van der Waals surface area contributed by atoms with Gasteiger partial charge in [0.15, 0.2) is 10.9 Å². The number of thiophene rings is 1. The molecule has 0 spiro atoms. The fourth-order valence-corrected chi connectivity index (χ4v) is 4.27. The number of aryl methyl sites for hydroxylation is 1. The summed E-state index contributed by atoms with van der Waals surface area (Å²) in [5.41, 5.74) is 1.91. The number of para-hydroxylation sites is 2. The molecule has 0 saturated heterocycles. The van der Waals surface area contributed by atoms with Crippen LogP contribution in [0.5, 0.6) is 0 Å². The predicted octanol–water partition coefficient (Wildman–Crippen LogP) is 3.81. The Labute approximate surface area is 140 Å². The number of aromatic amines is 1. The second-order valence-electron chi connectivity index (χ2n) is 5.10. The third-order valence-electron chi connectivity index (χ3n) is 3.62. The number of carbonyl (C=O) groups is 1. The first kappa shape index (κ1) is 14.5. The van der Waals surface area contributed by atoms with Gasteiger partial charge in [0.1, 0.15) is 0 Å². The summed E-state index contributed by atoms with van der Waals surface area (Å²) in [5.74, 6) is 1.21. The highest BCUT2D eigenvalue weighted by molar-refractivity contribution is 7.99. The number of aromatic nitrogens is 4. The second-order valence-corrected chi connectivity index (χ2v) is 7.21. The number of benzene rings is 1. The lowest BCUT2D eigenvalue weighted by atomic mass is 10.3. The molecule has 0 aliphatic heterocycles. The number of hydrogen-bond acceptors (Lipinski definition) is 5. The van der Waals surface area contributed by atoms with Gasteiger partial charge in [0.25, 0.3) is 0 Å². The molecule has 1 aromatic carbocycles. The maximum absolute atomic E-state index is 12.3. The molecule has 4 aromatic rings. The van der Waals surface area contributed by atoms with Crippen molar-refractivity contribution in [3.05, 3.63) is 46.2 Å². The van der Waals surface area contributed by atoms with E-state index in [-0.39, 0.29) is 5.78 Å². The Morgan fingerprint density at radius 3 is 3.00 bits per heavy atom. The third-order valence-corrected chi connectivity index (χ3v) is 5.83. The number of nitrogens with one attached hydrogen (secondary N) is 1. The van der Waals surface area contributed by atoms with Crippen molar-refractivity contribution in [3.63, 3.8) is 0 Å². The molecule has 0 radical (unpaired) electrons. The molecular weight excluding hydrogens is 328 g/mol. The number of H-pyrrole nitrogens is 1. The molecule has 0 aliphatic carbocycles. The zero-order valence-electron chi connectivity index (χ0n) is 12.4. The Morgan fingerprint density at radius 1 is 1.30 bits per heavy atom. The van der Waals surface area contributed by atoms with E-state index >= 15 is 0 Å². The van der Waals surface area contributed by atoms with Crippen LogP contribution in [0.3, 0.4) is 0 Å². The van der Waals surface area contributed by atoms with E-state index in [9.17, 15) is 4.79 Å². The average Bonchev–Trinajstić information content (AvgIpc) is 3.27. The summed E-state index contributed by atoms with van der Waals surface area (Å²) in [5, 5.41) is 7.97. The number of fused-ring (bicyclic) bond motifs is 3. The van der Waals surface area contributed by atoms with Crippen molar-refractivity contribution in [2.75, 3.05) is 5.75 Å². The Bertz CT molecular complexity index is 998. The molecule has 5 nitrogen and oxygen atoms in total. The zero-order valence-corrected chi connectivity index (χ0v) is 14.1. The van der Waals surface area contributed by atoms with Gasteiger partial charge in [-0.05, 0) is 30.7 Å². The number of imidazole rings is 1. The molecule has 0 bridgehead atoms. The van der Waals surface area contributed by atoms with E-state index in [0.29, 0.717) is 11.5 Å². The lowest BCUT2D eigenvalue weighted by molar-refractivity contribution is 0.102. The van der Waals surface area contributed by atoms with Crippen LogP contribution in [0, 0.1) is 0 Å². The molecule has 0 saturated carbocycles. The molecule has 3 aromatic heterocycles. The molecule has 23 heavy (non-hydrogen) atoms. The van der Waals surface area contributed by atoms with Gasteiger partial charge in [-0.3, -0.25) is 9.20 Å². The van der Waals surface area contributed by atoms with Gasteiger partial charge in [-0.15, -0.1) is 16.4 Å². The SMILES string of the molecule is CCc1ccc(C(=O)CSc2n[nH]c3nc4ccccc4n23)s1. The summed E-state index contributed by atoms with van der Waals surface area (Å²) in [7, 11) is 0. The van der Waals surface area contributed by atoms with Crippen LogP contribution < -0.4 is 0 Å². The molecule has 7 heteroatoms. The fourth-order valence-electron chi connectivity index (χ4n) is 2.46. The van der Waals surface area contributed by atoms with E-state index in [1.807, 2.05) is 40.8 Å². The van der Waals surface area contributed by atoms with Crippen molar-refractivity contribution in [3.8, 4) is 0 Å². The van der Waals surface area contributed by atoms with Gasteiger partial charge < -0.3 is 0 Å². The highest BCUT2D eigenvalue weighted by Crippen LogP contribution is 2.25. The molecule has 116 valence electrons. The first-order chi connectivity index (χ1) is 11.3. The van der Waals surface area contributed by atoms with E-state index in [4.69, 9.17) is 0 Å². The lowest BCUT2D eigenvalue weighted by Crippen LogP contribution is -2.00. The summed E-state index contributed by atoms with van der Waals surface area (Å²) in [6.07, 6.45) is 0.964. The van der Waals surface area contributed by atoms with Crippen molar-refractivity contribution in [2.45, 2.75) is 18.5 Å². The van der Waals surface area contributed by atoms with Crippen LogP contribution >= 0.6 is 23.1 Å². The summed E-state index contributed by atoms with van der Waals surface area (Å²) in [6, 6.07) is 11.8. The van der Waals surface area contributed by atoms with E-state index in [1.165, 1.54) is 16.6 Å². The standard InChI is InChI=1S/C16H14N4OS2/c1-2-10-7-8-14(23-10)13(21)9-22-16-19-18-15-17-11-5-3-4-6-12(11)20(15)16/h3-8H,2,9H2,1H3,(H,17,18). The first-order valence-electron chi connectivity index (χ1n) is 7.32. The average molecular weight is 342 g/mol. The molecule has 0 amide bonds. The van der Waals surface area contributed by atoms with Crippen LogP contribution in [0.25, 0.3) is 16.8 Å². The van der Waals surface area contributed by atoms with E-state index in [0.717, 1.165) is 27.5 Å². The van der Waals surface area contributed by atoms with Gasteiger partial charge in [0.2, 0.25) is 5.78 Å². The largest absolute Gasteiger partial charge is 0.292 e. The first-order valence-corrected chi connectivity index (χ1v) is 9.12. The fraction of sp³-hybridized carbons (Fsp3) is 0.188. The number of hydrogen-bond donors (Lipinski definition) is 1. The number of ketones is 1. The highest BCUT2D eigenvalue weighted by Gasteiger charge is 2.15. The monoisotopic (exact) mass is 342 g/mol. The molecule has 4 rings (SSSR count). The molecule has 0 aliphatic rings. The van der Waals surface area contributed by atoms with E-state index in [2.05, 4.69) is 22.1 Å². The number of carbonyl (C=O) groups excluding carboxylic acids is 1. The van der Waals surface area contributed by atoms with Crippen LogP contribution in [0.4, 0.5) is 0 Å². The molecule has 1 N–H and O–H groups in total. The zero-order chi connectivity index (χ0) is 15.8. The van der Waals surface area contributed by atoms with Crippen molar-refractivity contribution in [2.24, 2.45) is 0 Å². The Morgan fingerprint density at radius 2 is 2.17 bits per heavy atom. The smallest absolute Gasteiger partial charge is 0.231 e. The predicted molar refractivity (Wildman–Crippen MR) is 93.6 cm³/mol. The Balaban J connectivity index is 1.59. The Hall–Kier alpha value is -2.12. The number of nitrogens with zero attached hydrogens (tertiary/aromatic N) is 3. The summed E-state index contributed by atoms with van der Waals surface area (Å²) < 4.78 is 1.96. The van der Waals surface area contributed by atoms with Gasteiger partial charge in [-0.2, -0.15) is 0 Å². The van der Waals surface area contributed by atoms with Gasteiger partial charge in [0.05, 0.1) is 21.7 Å². The van der Waals surface area contributed by atoms with Crippen molar-refractivity contribution < 1.29 is 4.79 Å². The third kappa shape index (κ3) is 2.55. The molecular formula is C16H14N4OS2. The van der Waals surface area contributed by atoms with Crippen LogP contribution in [0.15, 0.2) is 41.6 Å². The summed E-state index contributed by atoms with van der Waals surface area (Å²) in [6.45, 7) is 2.10. The van der Waals surface area contributed by atoms with E-state index < -0.39 is 0 Å². The minimum atomic E-state index is 0.139. The van der Waals surface area contributed by atoms with Gasteiger partial charge >= 0.3 is 0 Å². The normalized spacial score (nSPS) is 11.5. The Kier molecular flexibility index (Phi) is 3.66. The minimum absolute atomic E-state index is 0.139. The van der Waals surface area contributed by atoms with Crippen molar-refractivity contribution in [1.82, 2.24) is 19.6 Å². The quantitative estimate of drug-likeness (QED) is 0.442. The van der Waals surface area contributed by atoms with Crippen LogP contribution in [-0.2, 0) is 6.42 Å². The van der Waals surface area contributed by atoms with Gasteiger partial charge in [0, 0.05) is 4.88 Å². The maximum atomic E-state index is 12.3. The lowest BCUT2D eigenvalue weighted by Gasteiger charge is -1.98. The van der Waals surface area contributed by atoms with Crippen LogP contribution in [0.2, 0.25) is 0 Å².